The monoisotopic (exact) mass is 255 g/mol. The van der Waals surface area contributed by atoms with Crippen molar-refractivity contribution in [3.63, 3.8) is 0 Å². The van der Waals surface area contributed by atoms with E-state index in [0.717, 1.165) is 0 Å². The first-order valence-corrected chi connectivity index (χ1v) is 6.05. The minimum absolute atomic E-state index is 0.0323. The van der Waals surface area contributed by atoms with Crippen molar-refractivity contribution in [1.82, 2.24) is 0 Å². The lowest BCUT2D eigenvalue weighted by Crippen LogP contribution is -2.34. The van der Waals surface area contributed by atoms with Crippen LogP contribution < -0.4 is 15.2 Å². The molecule has 0 radical (unpaired) electrons. The van der Waals surface area contributed by atoms with Crippen LogP contribution in [0.4, 0.5) is 4.39 Å². The fourth-order valence-corrected chi connectivity index (χ4v) is 1.71. The molecule has 0 saturated carbocycles. The van der Waals surface area contributed by atoms with Gasteiger partial charge < -0.3 is 15.2 Å². The Morgan fingerprint density at radius 1 is 1.28 bits per heavy atom. The molecule has 0 aromatic heterocycles. The lowest BCUT2D eigenvalue weighted by Gasteiger charge is -2.20. The molecule has 18 heavy (non-hydrogen) atoms. The first kappa shape index (κ1) is 14.8. The minimum atomic E-state index is -0.466. The molecule has 0 aliphatic carbocycles. The Hall–Kier alpha value is -1.29. The van der Waals surface area contributed by atoms with Gasteiger partial charge in [-0.3, -0.25) is 0 Å². The number of nitrogens with two attached hydrogens (primary N) is 1. The fourth-order valence-electron chi connectivity index (χ4n) is 1.71. The number of hydrogen-bond donors (Lipinski definition) is 1. The first-order valence-electron chi connectivity index (χ1n) is 6.05. The highest BCUT2D eigenvalue weighted by atomic mass is 19.1. The van der Waals surface area contributed by atoms with E-state index in [0.29, 0.717) is 23.5 Å². The number of rotatable bonds is 5. The van der Waals surface area contributed by atoms with Crippen molar-refractivity contribution in [2.45, 2.75) is 45.8 Å². The molecular weight excluding hydrogens is 233 g/mol. The Labute approximate surface area is 108 Å². The molecule has 0 atom stereocenters. The molecule has 0 amide bonds. The highest BCUT2D eigenvalue weighted by Crippen LogP contribution is 2.32. The Morgan fingerprint density at radius 2 is 1.89 bits per heavy atom. The molecule has 3 nitrogen and oxygen atoms in total. The molecule has 0 bridgehead atoms. The van der Waals surface area contributed by atoms with Crippen LogP contribution in [0.25, 0.3) is 0 Å². The molecule has 0 aliphatic heterocycles. The zero-order chi connectivity index (χ0) is 13.9. The maximum Gasteiger partial charge on any atom is 0.164 e. The summed E-state index contributed by atoms with van der Waals surface area (Å²) in [5, 5.41) is 0. The zero-order valence-corrected chi connectivity index (χ0v) is 11.7. The standard InChI is InChI=1S/C14H22FNO2/c1-9(2)18-13-7-11(15)10(6-12(13)17-5)8-14(3,4)16/h6-7,9H,8,16H2,1-5H3. The third-order valence-corrected chi connectivity index (χ3v) is 2.34. The van der Waals surface area contributed by atoms with Crippen molar-refractivity contribution in [3.05, 3.63) is 23.5 Å². The quantitative estimate of drug-likeness (QED) is 0.879. The Kier molecular flexibility index (Phi) is 4.57. The molecule has 0 aliphatic rings. The van der Waals surface area contributed by atoms with Gasteiger partial charge in [0.15, 0.2) is 11.5 Å². The van der Waals surface area contributed by atoms with Crippen LogP contribution in [0.1, 0.15) is 33.3 Å². The van der Waals surface area contributed by atoms with E-state index in [1.54, 1.807) is 6.07 Å². The second-order valence-corrected chi connectivity index (χ2v) is 5.43. The molecular formula is C14H22FNO2. The van der Waals surface area contributed by atoms with Crippen LogP contribution in [-0.4, -0.2) is 18.8 Å². The number of hydrogen-bond acceptors (Lipinski definition) is 3. The lowest BCUT2D eigenvalue weighted by molar-refractivity contribution is 0.228. The average molecular weight is 255 g/mol. The van der Waals surface area contributed by atoms with Gasteiger partial charge in [0.05, 0.1) is 13.2 Å². The summed E-state index contributed by atoms with van der Waals surface area (Å²) in [6.45, 7) is 7.48. The fraction of sp³-hybridized carbons (Fsp3) is 0.571. The van der Waals surface area contributed by atoms with Crippen molar-refractivity contribution in [3.8, 4) is 11.5 Å². The molecule has 1 aromatic carbocycles. The van der Waals surface area contributed by atoms with Gasteiger partial charge in [0, 0.05) is 11.6 Å². The van der Waals surface area contributed by atoms with Crippen molar-refractivity contribution < 1.29 is 13.9 Å². The molecule has 1 aromatic rings. The Bertz CT molecular complexity index is 411. The normalized spacial score (nSPS) is 11.8. The van der Waals surface area contributed by atoms with E-state index in [9.17, 15) is 4.39 Å². The summed E-state index contributed by atoms with van der Waals surface area (Å²) in [5.41, 5.74) is 5.98. The van der Waals surface area contributed by atoms with Gasteiger partial charge in [-0.05, 0) is 45.7 Å². The Morgan fingerprint density at radius 3 is 2.33 bits per heavy atom. The zero-order valence-electron chi connectivity index (χ0n) is 11.7. The SMILES string of the molecule is COc1cc(CC(C)(C)N)c(F)cc1OC(C)C. The lowest BCUT2D eigenvalue weighted by atomic mass is 9.95. The second-order valence-electron chi connectivity index (χ2n) is 5.43. The topological polar surface area (TPSA) is 44.5 Å². The van der Waals surface area contributed by atoms with Crippen LogP contribution in [0.3, 0.4) is 0 Å². The largest absolute Gasteiger partial charge is 0.493 e. The van der Waals surface area contributed by atoms with E-state index in [4.69, 9.17) is 15.2 Å². The van der Waals surface area contributed by atoms with Crippen LogP contribution in [0.2, 0.25) is 0 Å². The van der Waals surface area contributed by atoms with Gasteiger partial charge in [-0.2, -0.15) is 0 Å². The first-order chi connectivity index (χ1) is 8.23. The molecule has 4 heteroatoms. The summed E-state index contributed by atoms with van der Waals surface area (Å²) in [5.74, 6) is 0.637. The summed E-state index contributed by atoms with van der Waals surface area (Å²) < 4.78 is 24.7. The van der Waals surface area contributed by atoms with Crippen LogP contribution >= 0.6 is 0 Å². The van der Waals surface area contributed by atoms with Gasteiger partial charge in [0.25, 0.3) is 0 Å². The summed E-state index contributed by atoms with van der Waals surface area (Å²) in [4.78, 5) is 0. The van der Waals surface area contributed by atoms with Gasteiger partial charge in [0.1, 0.15) is 5.82 Å². The molecule has 0 heterocycles. The number of halogens is 1. The van der Waals surface area contributed by atoms with Crippen molar-refractivity contribution in [1.29, 1.82) is 0 Å². The second kappa shape index (κ2) is 5.57. The predicted octanol–water partition coefficient (Wildman–Crippen LogP) is 2.90. The van der Waals surface area contributed by atoms with E-state index < -0.39 is 5.54 Å². The van der Waals surface area contributed by atoms with Gasteiger partial charge in [-0.25, -0.2) is 4.39 Å². The summed E-state index contributed by atoms with van der Waals surface area (Å²) in [7, 11) is 1.54. The highest BCUT2D eigenvalue weighted by molar-refractivity contribution is 5.44. The van der Waals surface area contributed by atoms with Gasteiger partial charge >= 0.3 is 0 Å². The van der Waals surface area contributed by atoms with Crippen LogP contribution in [-0.2, 0) is 6.42 Å². The summed E-state index contributed by atoms with van der Waals surface area (Å²) in [6.07, 6.45) is 0.409. The van der Waals surface area contributed by atoms with Crippen LogP contribution in [0.5, 0.6) is 11.5 Å². The number of benzene rings is 1. The van der Waals surface area contributed by atoms with E-state index in [1.165, 1.54) is 13.2 Å². The maximum atomic E-state index is 14.0. The molecule has 102 valence electrons. The number of methoxy groups -OCH3 is 1. The molecule has 0 fully saturated rings. The van der Waals surface area contributed by atoms with Crippen molar-refractivity contribution in [2.24, 2.45) is 5.73 Å². The summed E-state index contributed by atoms with van der Waals surface area (Å²) >= 11 is 0. The molecule has 0 saturated heterocycles. The minimum Gasteiger partial charge on any atom is -0.493 e. The van der Waals surface area contributed by atoms with E-state index in [2.05, 4.69) is 0 Å². The molecule has 0 unspecified atom stereocenters. The third kappa shape index (κ3) is 4.18. The average Bonchev–Trinajstić information content (AvgIpc) is 2.19. The van der Waals surface area contributed by atoms with E-state index >= 15 is 0 Å². The van der Waals surface area contributed by atoms with Crippen molar-refractivity contribution >= 4 is 0 Å². The maximum absolute atomic E-state index is 14.0. The number of ether oxygens (including phenoxy) is 2. The predicted molar refractivity (Wildman–Crippen MR) is 70.7 cm³/mol. The molecule has 1 rings (SSSR count). The summed E-state index contributed by atoms with van der Waals surface area (Å²) in [6, 6.07) is 3.02. The third-order valence-electron chi connectivity index (χ3n) is 2.34. The van der Waals surface area contributed by atoms with Crippen LogP contribution in [0.15, 0.2) is 12.1 Å². The van der Waals surface area contributed by atoms with Gasteiger partial charge in [0.2, 0.25) is 0 Å². The smallest absolute Gasteiger partial charge is 0.164 e. The van der Waals surface area contributed by atoms with E-state index in [-0.39, 0.29) is 11.9 Å². The molecule has 2 N–H and O–H groups in total. The van der Waals surface area contributed by atoms with Gasteiger partial charge in [-0.1, -0.05) is 0 Å². The van der Waals surface area contributed by atoms with Crippen LogP contribution in [0, 0.1) is 5.82 Å². The van der Waals surface area contributed by atoms with Crippen molar-refractivity contribution in [2.75, 3.05) is 7.11 Å². The van der Waals surface area contributed by atoms with Gasteiger partial charge in [-0.15, -0.1) is 0 Å². The Balaban J connectivity index is 3.10. The highest BCUT2D eigenvalue weighted by Gasteiger charge is 2.18. The van der Waals surface area contributed by atoms with E-state index in [1.807, 2.05) is 27.7 Å². The molecule has 0 spiro atoms.